The first-order valence-electron chi connectivity index (χ1n) is 7.58. The molecule has 3 rings (SSSR count). The molecule has 0 unspecified atom stereocenters. The third kappa shape index (κ3) is 6.43. The topological polar surface area (TPSA) is 79.8 Å². The number of rotatable bonds is 6. The molecule has 0 aromatic carbocycles. The Hall–Kier alpha value is -1.70. The van der Waals surface area contributed by atoms with Gasteiger partial charge in [0, 0.05) is 23.7 Å². The fourth-order valence-corrected chi connectivity index (χ4v) is 2.59. The Morgan fingerprint density at radius 1 is 1.42 bits per heavy atom. The van der Waals surface area contributed by atoms with Crippen molar-refractivity contribution in [3.05, 3.63) is 46.8 Å². The van der Waals surface area contributed by atoms with Gasteiger partial charge in [-0.25, -0.2) is 9.97 Å². The maximum absolute atomic E-state index is 10.1. The first-order chi connectivity index (χ1) is 11.6. The molecule has 128 valence electrons. The summed E-state index contributed by atoms with van der Waals surface area (Å²) in [5.74, 6) is 0. The number of nitrogens with zero attached hydrogens (tertiary/aromatic N) is 3. The summed E-state index contributed by atoms with van der Waals surface area (Å²) < 4.78 is 3.35. The molecule has 1 saturated carbocycles. The predicted octanol–water partition coefficient (Wildman–Crippen LogP) is 3.27. The fraction of sp³-hybridized carbons (Fsp3) is 0.375. The number of aryl methyl sites for hydroxylation is 1. The van der Waals surface area contributed by atoms with Gasteiger partial charge in [-0.2, -0.15) is 0 Å². The zero-order chi connectivity index (χ0) is 17.4. The van der Waals surface area contributed by atoms with Crippen LogP contribution in [0, 0.1) is 6.92 Å². The Morgan fingerprint density at radius 3 is 2.83 bits per heavy atom. The molecule has 0 saturated heterocycles. The second kappa shape index (κ2) is 9.56. The van der Waals surface area contributed by atoms with E-state index in [1.54, 1.807) is 6.92 Å². The SMILES string of the molecule is CNCc1cc(NSC2CC2)ccn1.Cc1nc(C=O)cnc1Cl. The van der Waals surface area contributed by atoms with Gasteiger partial charge >= 0.3 is 0 Å². The lowest BCUT2D eigenvalue weighted by Crippen LogP contribution is -2.06. The van der Waals surface area contributed by atoms with Crippen molar-refractivity contribution in [2.24, 2.45) is 0 Å². The third-order valence-corrected chi connectivity index (χ3v) is 4.60. The highest BCUT2D eigenvalue weighted by Gasteiger charge is 2.21. The molecule has 0 bridgehead atoms. The molecule has 1 aliphatic rings. The summed E-state index contributed by atoms with van der Waals surface area (Å²) in [5.41, 5.74) is 3.12. The van der Waals surface area contributed by atoms with Crippen LogP contribution in [0.3, 0.4) is 0 Å². The molecule has 24 heavy (non-hydrogen) atoms. The minimum absolute atomic E-state index is 0.307. The molecule has 2 aromatic heterocycles. The van der Waals surface area contributed by atoms with E-state index in [1.807, 2.05) is 31.3 Å². The van der Waals surface area contributed by atoms with Crippen molar-refractivity contribution in [2.45, 2.75) is 31.6 Å². The summed E-state index contributed by atoms with van der Waals surface area (Å²) in [6, 6.07) is 4.10. The lowest BCUT2D eigenvalue weighted by Gasteiger charge is -2.05. The van der Waals surface area contributed by atoms with Gasteiger partial charge in [0.1, 0.15) is 10.8 Å². The maximum Gasteiger partial charge on any atom is 0.170 e. The van der Waals surface area contributed by atoms with E-state index in [0.29, 0.717) is 22.8 Å². The van der Waals surface area contributed by atoms with Gasteiger partial charge in [0.15, 0.2) is 6.29 Å². The Bertz CT molecular complexity index is 681. The Morgan fingerprint density at radius 2 is 2.21 bits per heavy atom. The molecule has 2 heterocycles. The van der Waals surface area contributed by atoms with E-state index in [9.17, 15) is 4.79 Å². The quantitative estimate of drug-likeness (QED) is 0.600. The smallest absolute Gasteiger partial charge is 0.170 e. The number of aldehydes is 1. The molecule has 0 spiro atoms. The molecule has 1 aliphatic carbocycles. The van der Waals surface area contributed by atoms with Crippen LogP contribution in [0.1, 0.15) is 34.7 Å². The van der Waals surface area contributed by atoms with Gasteiger partial charge in [-0.15, -0.1) is 0 Å². The van der Waals surface area contributed by atoms with Crippen molar-refractivity contribution >= 4 is 35.5 Å². The van der Waals surface area contributed by atoms with Crippen LogP contribution in [0.4, 0.5) is 5.69 Å². The van der Waals surface area contributed by atoms with E-state index in [4.69, 9.17) is 11.6 Å². The van der Waals surface area contributed by atoms with E-state index in [0.717, 1.165) is 23.2 Å². The first kappa shape index (κ1) is 18.6. The molecule has 2 N–H and O–H groups in total. The number of pyridine rings is 1. The van der Waals surface area contributed by atoms with Crippen LogP contribution >= 0.6 is 23.5 Å². The van der Waals surface area contributed by atoms with Gasteiger partial charge in [0.05, 0.1) is 17.6 Å². The fourth-order valence-electron chi connectivity index (χ4n) is 1.70. The molecule has 0 aliphatic heterocycles. The minimum Gasteiger partial charge on any atom is -0.329 e. The average Bonchev–Trinajstić information content (AvgIpc) is 3.41. The summed E-state index contributed by atoms with van der Waals surface area (Å²) in [7, 11) is 1.93. The number of nitrogens with one attached hydrogen (secondary N) is 2. The van der Waals surface area contributed by atoms with Crippen molar-refractivity contribution in [2.75, 3.05) is 11.8 Å². The summed E-state index contributed by atoms with van der Waals surface area (Å²) in [4.78, 5) is 21.9. The zero-order valence-electron chi connectivity index (χ0n) is 13.6. The maximum atomic E-state index is 10.1. The van der Waals surface area contributed by atoms with Crippen molar-refractivity contribution in [1.82, 2.24) is 20.3 Å². The van der Waals surface area contributed by atoms with Crippen LogP contribution in [-0.2, 0) is 6.54 Å². The molecule has 8 heteroatoms. The number of hydrogen-bond acceptors (Lipinski definition) is 7. The molecule has 0 radical (unpaired) electrons. The molecule has 0 atom stereocenters. The van der Waals surface area contributed by atoms with E-state index in [-0.39, 0.29) is 0 Å². The van der Waals surface area contributed by atoms with Crippen molar-refractivity contribution < 1.29 is 4.79 Å². The number of carbonyl (C=O) groups excluding carboxylic acids is 1. The molecular formula is C16H20ClN5OS. The van der Waals surface area contributed by atoms with Crippen LogP contribution in [0.25, 0.3) is 0 Å². The van der Waals surface area contributed by atoms with Gasteiger partial charge in [-0.3, -0.25) is 9.78 Å². The summed E-state index contributed by atoms with van der Waals surface area (Å²) in [6.45, 7) is 2.52. The second-order valence-corrected chi connectivity index (χ2v) is 6.74. The molecule has 2 aromatic rings. The molecule has 1 fully saturated rings. The Kier molecular flexibility index (Phi) is 7.42. The monoisotopic (exact) mass is 365 g/mol. The van der Waals surface area contributed by atoms with Crippen LogP contribution < -0.4 is 10.0 Å². The van der Waals surface area contributed by atoms with E-state index in [1.165, 1.54) is 19.0 Å². The molecule has 0 amide bonds. The Labute approximate surface area is 151 Å². The summed E-state index contributed by atoms with van der Waals surface area (Å²) in [5, 5.41) is 4.26. The van der Waals surface area contributed by atoms with Crippen molar-refractivity contribution in [1.29, 1.82) is 0 Å². The predicted molar refractivity (Wildman–Crippen MR) is 98.4 cm³/mol. The van der Waals surface area contributed by atoms with Crippen LogP contribution in [0.2, 0.25) is 5.15 Å². The Balaban J connectivity index is 0.000000185. The molecule has 6 nitrogen and oxygen atoms in total. The van der Waals surface area contributed by atoms with E-state index in [2.05, 4.69) is 31.1 Å². The van der Waals surface area contributed by atoms with Crippen molar-refractivity contribution in [3.8, 4) is 0 Å². The van der Waals surface area contributed by atoms with Gasteiger partial charge in [-0.05, 0) is 50.9 Å². The van der Waals surface area contributed by atoms with Crippen LogP contribution in [-0.4, -0.2) is 33.5 Å². The number of carbonyl (C=O) groups is 1. The highest BCUT2D eigenvalue weighted by molar-refractivity contribution is 8.01. The number of aromatic nitrogens is 3. The first-order valence-corrected chi connectivity index (χ1v) is 8.83. The second-order valence-electron chi connectivity index (χ2n) is 5.27. The molecular weight excluding hydrogens is 346 g/mol. The van der Waals surface area contributed by atoms with Gasteiger partial charge in [0.25, 0.3) is 0 Å². The van der Waals surface area contributed by atoms with Crippen LogP contribution in [0.5, 0.6) is 0 Å². The lowest BCUT2D eigenvalue weighted by atomic mass is 10.3. The largest absolute Gasteiger partial charge is 0.329 e. The van der Waals surface area contributed by atoms with E-state index < -0.39 is 0 Å². The number of halogens is 1. The standard InChI is InChI=1S/C10H15N3S.C6H5ClN2O/c1-11-7-9-6-8(4-5-12-9)13-14-10-2-3-10;1-4-6(7)8-2-5(3-10)9-4/h4-6,10-11H,2-3,7H2,1H3,(H,12,13);2-3H,1H3. The van der Waals surface area contributed by atoms with Crippen molar-refractivity contribution in [3.63, 3.8) is 0 Å². The highest BCUT2D eigenvalue weighted by atomic mass is 35.5. The van der Waals surface area contributed by atoms with Gasteiger partial charge in [-0.1, -0.05) is 11.6 Å². The van der Waals surface area contributed by atoms with E-state index >= 15 is 0 Å². The third-order valence-electron chi connectivity index (χ3n) is 3.07. The normalized spacial score (nSPS) is 13.0. The minimum atomic E-state index is 0.307. The number of hydrogen-bond donors (Lipinski definition) is 2. The lowest BCUT2D eigenvalue weighted by molar-refractivity contribution is 0.111. The summed E-state index contributed by atoms with van der Waals surface area (Å²) >= 11 is 7.37. The number of anilines is 1. The summed E-state index contributed by atoms with van der Waals surface area (Å²) in [6.07, 6.45) is 6.53. The average molecular weight is 366 g/mol. The van der Waals surface area contributed by atoms with Gasteiger partial charge in [0.2, 0.25) is 0 Å². The van der Waals surface area contributed by atoms with Crippen LogP contribution in [0.15, 0.2) is 24.5 Å². The van der Waals surface area contributed by atoms with Gasteiger partial charge < -0.3 is 10.0 Å². The zero-order valence-corrected chi connectivity index (χ0v) is 15.2. The highest BCUT2D eigenvalue weighted by Crippen LogP contribution is 2.34.